The zero-order valence-corrected chi connectivity index (χ0v) is 19.9. The lowest BCUT2D eigenvalue weighted by atomic mass is 9.91. The first kappa shape index (κ1) is 23.5. The Kier molecular flexibility index (Phi) is 7.26. The lowest BCUT2D eigenvalue weighted by Crippen LogP contribution is -2.43. The number of thiophene rings is 1. The van der Waals surface area contributed by atoms with Crippen LogP contribution in [-0.2, 0) is 0 Å². The minimum Gasteiger partial charge on any atom is -0.393 e. The molecule has 2 aromatic rings. The molecule has 1 aliphatic rings. The molecule has 0 spiro atoms. The van der Waals surface area contributed by atoms with Crippen LogP contribution >= 0.6 is 22.9 Å². The number of aldehydes is 1. The molecule has 1 fully saturated rings. The fraction of sp³-hybridized carbons (Fsp3) is 0.440. The van der Waals surface area contributed by atoms with Crippen LogP contribution in [0.1, 0.15) is 76.9 Å². The molecule has 1 saturated carbocycles. The van der Waals surface area contributed by atoms with Crippen molar-refractivity contribution >= 4 is 40.8 Å². The van der Waals surface area contributed by atoms with Gasteiger partial charge in [0.05, 0.1) is 32.1 Å². The van der Waals surface area contributed by atoms with Crippen LogP contribution < -0.4 is 4.90 Å². The number of hydrogen-bond donors (Lipinski definition) is 1. The van der Waals surface area contributed by atoms with E-state index in [1.54, 1.807) is 17.0 Å². The van der Waals surface area contributed by atoms with Gasteiger partial charge in [0.1, 0.15) is 0 Å². The van der Waals surface area contributed by atoms with E-state index >= 15 is 0 Å². The van der Waals surface area contributed by atoms with Crippen molar-refractivity contribution in [1.82, 2.24) is 0 Å². The number of aliphatic hydroxyl groups excluding tert-OH is 1. The van der Waals surface area contributed by atoms with Crippen LogP contribution in [0.2, 0.25) is 5.02 Å². The van der Waals surface area contributed by atoms with E-state index in [9.17, 15) is 14.7 Å². The van der Waals surface area contributed by atoms with Gasteiger partial charge in [-0.3, -0.25) is 9.59 Å². The van der Waals surface area contributed by atoms with Crippen molar-refractivity contribution in [2.45, 2.75) is 65.5 Å². The van der Waals surface area contributed by atoms with Crippen molar-refractivity contribution in [1.29, 1.82) is 0 Å². The van der Waals surface area contributed by atoms with Crippen molar-refractivity contribution in [3.63, 3.8) is 0 Å². The number of hydrogen-bond acceptors (Lipinski definition) is 4. The van der Waals surface area contributed by atoms with Crippen LogP contribution in [0.4, 0.5) is 5.69 Å². The van der Waals surface area contributed by atoms with Gasteiger partial charge in [-0.05, 0) is 77.1 Å². The first-order valence-corrected chi connectivity index (χ1v) is 11.7. The van der Waals surface area contributed by atoms with E-state index < -0.39 is 0 Å². The Labute approximate surface area is 193 Å². The molecule has 0 bridgehead atoms. The molecule has 4 nitrogen and oxygen atoms in total. The van der Waals surface area contributed by atoms with Crippen LogP contribution in [0.3, 0.4) is 0 Å². The minimum absolute atomic E-state index is 0.120. The summed E-state index contributed by atoms with van der Waals surface area (Å²) in [5, 5.41) is 10.4. The third-order valence-corrected chi connectivity index (χ3v) is 6.55. The summed E-state index contributed by atoms with van der Waals surface area (Å²) < 4.78 is 0. The first-order valence-electron chi connectivity index (χ1n) is 10.5. The van der Waals surface area contributed by atoms with Crippen LogP contribution in [0.15, 0.2) is 24.3 Å². The summed E-state index contributed by atoms with van der Waals surface area (Å²) >= 11 is 7.71. The zero-order valence-electron chi connectivity index (χ0n) is 18.4. The Hall–Kier alpha value is -2.13. The third kappa shape index (κ3) is 5.77. The molecule has 0 unspecified atom stereocenters. The Bertz CT molecular complexity index is 1030. The quantitative estimate of drug-likeness (QED) is 0.461. The normalized spacial score (nSPS) is 18.8. The zero-order chi connectivity index (χ0) is 22.8. The van der Waals surface area contributed by atoms with Crippen molar-refractivity contribution in [3.8, 4) is 11.8 Å². The first-order chi connectivity index (χ1) is 14.6. The van der Waals surface area contributed by atoms with Gasteiger partial charge in [0.25, 0.3) is 5.91 Å². The highest BCUT2D eigenvalue weighted by Gasteiger charge is 2.33. The molecule has 1 amide bonds. The monoisotopic (exact) mass is 457 g/mol. The van der Waals surface area contributed by atoms with Gasteiger partial charge >= 0.3 is 0 Å². The molecule has 1 aliphatic carbocycles. The van der Waals surface area contributed by atoms with Gasteiger partial charge in [-0.2, -0.15) is 0 Å². The number of carbonyl (C=O) groups excluding carboxylic acids is 2. The van der Waals surface area contributed by atoms with Gasteiger partial charge in [-0.15, -0.1) is 11.3 Å². The van der Waals surface area contributed by atoms with E-state index in [4.69, 9.17) is 11.6 Å². The summed E-state index contributed by atoms with van der Waals surface area (Å²) in [6, 6.07) is 7.07. The second-order valence-electron chi connectivity index (χ2n) is 9.10. The summed E-state index contributed by atoms with van der Waals surface area (Å²) in [5.41, 5.74) is 1.78. The number of rotatable bonds is 4. The van der Waals surface area contributed by atoms with Crippen LogP contribution in [0.5, 0.6) is 0 Å². The molecule has 31 heavy (non-hydrogen) atoms. The molecule has 164 valence electrons. The van der Waals surface area contributed by atoms with Crippen molar-refractivity contribution in [2.75, 3.05) is 4.90 Å². The fourth-order valence-corrected chi connectivity index (χ4v) is 4.83. The summed E-state index contributed by atoms with van der Waals surface area (Å²) in [5.74, 6) is 6.10. The number of carbonyl (C=O) groups is 2. The highest BCUT2D eigenvalue weighted by atomic mass is 35.5. The van der Waals surface area contributed by atoms with Gasteiger partial charge in [-0.1, -0.05) is 29.5 Å². The average molecular weight is 458 g/mol. The SMILES string of the molecule is Cc1ccc(C(=O)N(c2cc(C#CC(C)(C)C)sc2C=O)C2CCC(O)CC2)c(Cl)c1. The topological polar surface area (TPSA) is 57.6 Å². The maximum absolute atomic E-state index is 13.7. The Morgan fingerprint density at radius 1 is 1.23 bits per heavy atom. The lowest BCUT2D eigenvalue weighted by molar-refractivity contribution is 0.0927. The van der Waals surface area contributed by atoms with E-state index in [0.717, 1.165) is 16.7 Å². The molecule has 1 N–H and O–H groups in total. The number of amides is 1. The molecular formula is C25H28ClNO3S. The molecule has 0 radical (unpaired) electrons. The highest BCUT2D eigenvalue weighted by Crippen LogP contribution is 2.36. The fourth-order valence-electron chi connectivity index (χ4n) is 3.69. The Morgan fingerprint density at radius 3 is 2.48 bits per heavy atom. The van der Waals surface area contributed by atoms with Gasteiger partial charge < -0.3 is 10.0 Å². The summed E-state index contributed by atoms with van der Waals surface area (Å²) in [6.45, 7) is 8.00. The molecule has 1 aromatic heterocycles. The second-order valence-corrected chi connectivity index (χ2v) is 10.6. The van der Waals surface area contributed by atoms with Gasteiger partial charge in [-0.25, -0.2) is 0 Å². The summed E-state index contributed by atoms with van der Waals surface area (Å²) in [7, 11) is 0. The van der Waals surface area contributed by atoms with E-state index in [-0.39, 0.29) is 23.5 Å². The minimum atomic E-state index is -0.350. The number of nitrogens with zero attached hydrogens (tertiary/aromatic N) is 1. The predicted octanol–water partition coefficient (Wildman–Crippen LogP) is 5.87. The molecule has 1 aromatic carbocycles. The standard InChI is InChI=1S/C25H28ClNO3S/c1-16-5-10-20(21(26)13-16)24(30)27(17-6-8-18(29)9-7-17)22-14-19(31-23(22)15-28)11-12-25(2,3)4/h5,10,13-15,17-18,29H,6-9H2,1-4H3. The largest absolute Gasteiger partial charge is 0.393 e. The van der Waals surface area contributed by atoms with Gasteiger partial charge in [0, 0.05) is 11.5 Å². The predicted molar refractivity (Wildman–Crippen MR) is 127 cm³/mol. The van der Waals surface area contributed by atoms with E-state index in [2.05, 4.69) is 11.8 Å². The Balaban J connectivity index is 2.08. The molecule has 3 rings (SSSR count). The second kappa shape index (κ2) is 9.56. The number of anilines is 1. The highest BCUT2D eigenvalue weighted by molar-refractivity contribution is 7.14. The molecule has 1 heterocycles. The van der Waals surface area contributed by atoms with E-state index in [0.29, 0.717) is 46.8 Å². The third-order valence-electron chi connectivity index (χ3n) is 5.27. The maximum atomic E-state index is 13.7. The molecular weight excluding hydrogens is 430 g/mol. The molecule has 0 atom stereocenters. The average Bonchev–Trinajstić information content (AvgIpc) is 3.10. The lowest BCUT2D eigenvalue weighted by Gasteiger charge is -2.36. The van der Waals surface area contributed by atoms with Crippen molar-refractivity contribution in [2.24, 2.45) is 5.41 Å². The summed E-state index contributed by atoms with van der Waals surface area (Å²) in [4.78, 5) is 28.5. The van der Waals surface area contributed by atoms with Gasteiger partial charge in [0.2, 0.25) is 0 Å². The summed E-state index contributed by atoms with van der Waals surface area (Å²) in [6.07, 6.45) is 3.00. The number of aryl methyl sites for hydroxylation is 1. The Morgan fingerprint density at radius 2 is 1.90 bits per heavy atom. The smallest absolute Gasteiger partial charge is 0.260 e. The van der Waals surface area contributed by atoms with Gasteiger partial charge in [0.15, 0.2) is 6.29 Å². The van der Waals surface area contributed by atoms with Crippen LogP contribution in [0.25, 0.3) is 0 Å². The van der Waals surface area contributed by atoms with Crippen molar-refractivity contribution < 1.29 is 14.7 Å². The maximum Gasteiger partial charge on any atom is 0.260 e. The number of halogens is 1. The molecule has 0 aliphatic heterocycles. The molecule has 6 heteroatoms. The van der Waals surface area contributed by atoms with Crippen LogP contribution in [0, 0.1) is 24.2 Å². The number of benzene rings is 1. The van der Waals surface area contributed by atoms with E-state index in [1.165, 1.54) is 11.3 Å². The van der Waals surface area contributed by atoms with E-state index in [1.807, 2.05) is 39.8 Å². The number of aliphatic hydroxyl groups is 1. The van der Waals surface area contributed by atoms with Crippen LogP contribution in [-0.4, -0.2) is 29.4 Å². The molecule has 0 saturated heterocycles. The van der Waals surface area contributed by atoms with Crippen molar-refractivity contribution in [3.05, 3.63) is 50.2 Å².